The molecule has 0 aliphatic rings. The second-order valence-electron chi connectivity index (χ2n) is 8.41. The molecule has 1 rings (SSSR count). The summed E-state index contributed by atoms with van der Waals surface area (Å²) in [5.41, 5.74) is 2.12. The topological polar surface area (TPSA) is 29.5 Å². The molecule has 0 unspecified atom stereocenters. The number of aliphatic hydroxyl groups excluding tert-OH is 1. The Kier molecular flexibility index (Phi) is 5.30. The zero-order chi connectivity index (χ0) is 16.5. The van der Waals surface area contributed by atoms with E-state index in [1.54, 1.807) is 0 Å². The van der Waals surface area contributed by atoms with Crippen LogP contribution in [0, 0.1) is 0 Å². The maximum Gasteiger partial charge on any atom is 0.250 e. The van der Waals surface area contributed by atoms with Gasteiger partial charge in [0.1, 0.15) is 12.3 Å². The van der Waals surface area contributed by atoms with Gasteiger partial charge in [0.25, 0.3) is 0 Å². The highest BCUT2D eigenvalue weighted by atomic mass is 28.4. The first-order valence-corrected chi connectivity index (χ1v) is 10.5. The molecular weight excluding hydrogens is 278 g/mol. The van der Waals surface area contributed by atoms with Crippen molar-refractivity contribution in [1.82, 2.24) is 0 Å². The third-order valence-corrected chi connectivity index (χ3v) is 8.47. The summed E-state index contributed by atoms with van der Waals surface area (Å²) >= 11 is 0. The van der Waals surface area contributed by atoms with Crippen molar-refractivity contribution in [3.63, 3.8) is 0 Å². The van der Waals surface area contributed by atoms with E-state index in [0.29, 0.717) is 0 Å². The van der Waals surface area contributed by atoms with Gasteiger partial charge in [-0.1, -0.05) is 26.8 Å². The largest absolute Gasteiger partial charge is 0.543 e. The molecule has 0 radical (unpaired) electrons. The van der Waals surface area contributed by atoms with Gasteiger partial charge >= 0.3 is 0 Å². The molecule has 0 aliphatic carbocycles. The molecule has 1 N–H and O–H groups in total. The first kappa shape index (κ1) is 18.2. The Morgan fingerprint density at radius 3 is 2.14 bits per heavy atom. The Balaban J connectivity index is 3.17. The summed E-state index contributed by atoms with van der Waals surface area (Å²) < 4.78 is 7.33. The predicted octanol–water partition coefficient (Wildman–Crippen LogP) is 3.77. The van der Waals surface area contributed by atoms with E-state index in [2.05, 4.69) is 61.1 Å². The van der Waals surface area contributed by atoms with Crippen molar-refractivity contribution in [1.29, 1.82) is 0 Å². The normalized spacial score (nSPS) is 13.4. The van der Waals surface area contributed by atoms with Gasteiger partial charge in [0, 0.05) is 5.56 Å². The van der Waals surface area contributed by atoms with E-state index in [1.807, 2.05) is 12.1 Å². The van der Waals surface area contributed by atoms with E-state index >= 15 is 0 Å². The quantitative estimate of drug-likeness (QED) is 0.662. The lowest BCUT2D eigenvalue weighted by molar-refractivity contribution is -0.884. The third-order valence-electron chi connectivity index (χ3n) is 4.12. The number of hydrogen-bond donors (Lipinski definition) is 1. The summed E-state index contributed by atoms with van der Waals surface area (Å²) in [5.74, 6) is 0.979. The molecular formula is C17H32NO2Si+. The average Bonchev–Trinajstić information content (AvgIpc) is 2.27. The Morgan fingerprint density at radius 1 is 1.14 bits per heavy atom. The zero-order valence-electron chi connectivity index (χ0n) is 14.9. The monoisotopic (exact) mass is 310 g/mol. The first-order chi connectivity index (χ1) is 9.36. The van der Waals surface area contributed by atoms with Crippen molar-refractivity contribution < 1.29 is 14.0 Å². The number of nitrogens with zero attached hydrogens (tertiary/aromatic N) is 1. The van der Waals surface area contributed by atoms with Crippen LogP contribution >= 0.6 is 0 Å². The van der Waals surface area contributed by atoms with Crippen molar-refractivity contribution >= 4 is 8.32 Å². The second kappa shape index (κ2) is 6.11. The van der Waals surface area contributed by atoms with Crippen molar-refractivity contribution in [2.24, 2.45) is 0 Å². The van der Waals surface area contributed by atoms with Gasteiger partial charge in [-0.2, -0.15) is 0 Å². The highest BCUT2D eigenvalue weighted by Crippen LogP contribution is 2.38. The Hall–Kier alpha value is -0.843. The van der Waals surface area contributed by atoms with Crippen molar-refractivity contribution in [2.45, 2.75) is 52.1 Å². The summed E-state index contributed by atoms with van der Waals surface area (Å²) in [7, 11) is 4.66. The van der Waals surface area contributed by atoms with E-state index in [4.69, 9.17) is 4.43 Å². The summed E-state index contributed by atoms with van der Waals surface area (Å²) in [6, 6.07) is 6.06. The molecule has 1 aromatic rings. The molecule has 0 bridgehead atoms. The maximum absolute atomic E-state index is 9.38. The fraction of sp³-hybridized carbons (Fsp3) is 0.647. The van der Waals surface area contributed by atoms with Crippen LogP contribution in [-0.2, 0) is 13.2 Å². The van der Waals surface area contributed by atoms with Gasteiger partial charge in [-0.15, -0.1) is 0 Å². The Morgan fingerprint density at radius 2 is 1.71 bits per heavy atom. The second-order valence-corrected chi connectivity index (χ2v) is 13.1. The number of hydrogen-bond acceptors (Lipinski definition) is 2. The fourth-order valence-corrected chi connectivity index (χ4v) is 2.95. The summed E-state index contributed by atoms with van der Waals surface area (Å²) in [5, 5.41) is 9.55. The number of benzene rings is 1. The van der Waals surface area contributed by atoms with Gasteiger partial charge in [-0.05, 0) is 35.8 Å². The first-order valence-electron chi connectivity index (χ1n) is 7.58. The lowest BCUT2D eigenvalue weighted by Crippen LogP contribution is -2.44. The van der Waals surface area contributed by atoms with Crippen LogP contribution in [0.2, 0.25) is 18.1 Å². The minimum Gasteiger partial charge on any atom is -0.543 e. The van der Waals surface area contributed by atoms with Crippen molar-refractivity contribution in [3.05, 3.63) is 29.3 Å². The van der Waals surface area contributed by atoms with Gasteiger partial charge in [0.15, 0.2) is 0 Å². The predicted molar refractivity (Wildman–Crippen MR) is 91.9 cm³/mol. The van der Waals surface area contributed by atoms with E-state index < -0.39 is 8.32 Å². The lowest BCUT2D eigenvalue weighted by atomic mass is 10.1. The number of aliphatic hydroxyl groups is 1. The molecule has 0 atom stereocenters. The molecule has 0 saturated carbocycles. The molecule has 0 heterocycles. The number of quaternary nitrogens is 1. The molecule has 3 nitrogen and oxygen atoms in total. The van der Waals surface area contributed by atoms with E-state index in [0.717, 1.165) is 22.3 Å². The van der Waals surface area contributed by atoms with Gasteiger partial charge in [0.2, 0.25) is 8.32 Å². The molecule has 0 saturated heterocycles. The van der Waals surface area contributed by atoms with Crippen LogP contribution in [0.5, 0.6) is 5.75 Å². The van der Waals surface area contributed by atoms with Crippen molar-refractivity contribution in [2.75, 3.05) is 21.1 Å². The van der Waals surface area contributed by atoms with Gasteiger partial charge in [-0.3, -0.25) is 0 Å². The van der Waals surface area contributed by atoms with E-state index in [9.17, 15) is 5.11 Å². The highest BCUT2D eigenvalue weighted by molar-refractivity contribution is 6.74. The van der Waals surface area contributed by atoms with E-state index in [-0.39, 0.29) is 11.6 Å². The molecule has 0 aromatic heterocycles. The van der Waals surface area contributed by atoms with Crippen LogP contribution in [0.25, 0.3) is 0 Å². The molecule has 0 amide bonds. The minimum absolute atomic E-state index is 0.0739. The molecule has 1 aromatic carbocycles. The van der Waals surface area contributed by atoms with Crippen LogP contribution < -0.4 is 4.43 Å². The molecule has 21 heavy (non-hydrogen) atoms. The molecule has 0 aliphatic heterocycles. The van der Waals surface area contributed by atoms with Crippen LogP contribution in [-0.4, -0.2) is 39.0 Å². The van der Waals surface area contributed by atoms with Gasteiger partial charge < -0.3 is 14.0 Å². The van der Waals surface area contributed by atoms with E-state index in [1.165, 1.54) is 5.56 Å². The SMILES string of the molecule is CC(C)(C)[Si](C)(C)Oc1ccc(CO)cc1C[N+](C)(C)C. The molecule has 4 heteroatoms. The summed E-state index contributed by atoms with van der Waals surface area (Å²) in [6.07, 6.45) is 0. The van der Waals surface area contributed by atoms with Gasteiger partial charge in [-0.25, -0.2) is 0 Å². The molecule has 0 fully saturated rings. The van der Waals surface area contributed by atoms with Crippen LogP contribution in [0.3, 0.4) is 0 Å². The standard InChI is InChI=1S/C17H32NO2Si/c1-17(2,3)21(7,8)20-16-10-9-14(13-19)11-15(16)12-18(4,5)6/h9-11,19H,12-13H2,1-8H3/q+1. The Labute approximate surface area is 131 Å². The smallest absolute Gasteiger partial charge is 0.250 e. The van der Waals surface area contributed by atoms with Crippen LogP contribution in [0.15, 0.2) is 18.2 Å². The minimum atomic E-state index is -1.85. The summed E-state index contributed by atoms with van der Waals surface area (Å²) in [4.78, 5) is 0. The molecule has 120 valence electrons. The zero-order valence-corrected chi connectivity index (χ0v) is 15.9. The van der Waals surface area contributed by atoms with Crippen molar-refractivity contribution in [3.8, 4) is 5.75 Å². The van der Waals surface area contributed by atoms with Crippen LogP contribution in [0.4, 0.5) is 0 Å². The lowest BCUT2D eigenvalue weighted by Gasteiger charge is -2.37. The highest BCUT2D eigenvalue weighted by Gasteiger charge is 2.39. The maximum atomic E-state index is 9.38. The van der Waals surface area contributed by atoms with Gasteiger partial charge in [0.05, 0.1) is 27.7 Å². The van der Waals surface area contributed by atoms with Crippen LogP contribution in [0.1, 0.15) is 31.9 Å². The summed E-state index contributed by atoms with van der Waals surface area (Å²) in [6.45, 7) is 12.2. The average molecular weight is 311 g/mol. The number of rotatable bonds is 5. The Bertz CT molecular complexity index is 485. The molecule has 0 spiro atoms. The fourth-order valence-electron chi connectivity index (χ4n) is 1.89. The third kappa shape index (κ3) is 5.13.